The Morgan fingerprint density at radius 3 is 2.43 bits per heavy atom. The topological polar surface area (TPSA) is 49.4 Å². The van der Waals surface area contributed by atoms with Crippen LogP contribution in [0, 0.1) is 0 Å². The molecule has 21 heavy (non-hydrogen) atoms. The van der Waals surface area contributed by atoms with E-state index in [0.29, 0.717) is 5.69 Å². The van der Waals surface area contributed by atoms with Gasteiger partial charge >= 0.3 is 0 Å². The first-order valence-electron chi connectivity index (χ1n) is 6.71. The molecule has 2 aromatic rings. The van der Waals surface area contributed by atoms with Gasteiger partial charge in [0.25, 0.3) is 5.91 Å². The van der Waals surface area contributed by atoms with Crippen molar-refractivity contribution in [3.8, 4) is 0 Å². The van der Waals surface area contributed by atoms with Gasteiger partial charge in [-0.2, -0.15) is 0 Å². The lowest BCUT2D eigenvalue weighted by Gasteiger charge is -2.25. The number of imide groups is 1. The molecule has 2 atom stereocenters. The van der Waals surface area contributed by atoms with Crippen LogP contribution in [0.3, 0.4) is 0 Å². The Kier molecular flexibility index (Phi) is 2.75. The molecule has 2 aliphatic rings. The minimum atomic E-state index is -0.488. The van der Waals surface area contributed by atoms with Gasteiger partial charge in [0.15, 0.2) is 0 Å². The van der Waals surface area contributed by atoms with Crippen molar-refractivity contribution in [2.24, 2.45) is 0 Å². The van der Waals surface area contributed by atoms with Gasteiger partial charge in [0.2, 0.25) is 5.91 Å². The van der Waals surface area contributed by atoms with Crippen molar-refractivity contribution in [3.05, 3.63) is 54.6 Å². The molecule has 2 heterocycles. The normalized spacial score (nSPS) is 23.5. The minimum absolute atomic E-state index is 0.150. The van der Waals surface area contributed by atoms with Crippen LogP contribution in [0.5, 0.6) is 0 Å². The van der Waals surface area contributed by atoms with Crippen molar-refractivity contribution >= 4 is 35.0 Å². The summed E-state index contributed by atoms with van der Waals surface area (Å²) in [6.07, 6.45) is 0. The van der Waals surface area contributed by atoms with E-state index >= 15 is 0 Å². The van der Waals surface area contributed by atoms with Gasteiger partial charge in [-0.25, -0.2) is 4.90 Å². The van der Waals surface area contributed by atoms with Gasteiger partial charge in [0.05, 0.1) is 5.69 Å². The summed E-state index contributed by atoms with van der Waals surface area (Å²) in [5, 5.41) is 2.81. The van der Waals surface area contributed by atoms with Crippen molar-refractivity contribution in [1.29, 1.82) is 0 Å². The largest absolute Gasteiger partial charge is 0.371 e. The molecule has 4 rings (SSSR count). The summed E-state index contributed by atoms with van der Waals surface area (Å²) < 4.78 is 0. The van der Waals surface area contributed by atoms with E-state index < -0.39 is 11.3 Å². The average molecular weight is 296 g/mol. The lowest BCUT2D eigenvalue weighted by atomic mass is 10.2. The van der Waals surface area contributed by atoms with E-state index in [9.17, 15) is 9.59 Å². The smallest absolute Gasteiger partial charge is 0.258 e. The number of carbonyl (C=O) groups excluding carboxylic acids is 2. The van der Waals surface area contributed by atoms with Crippen LogP contribution in [0.1, 0.15) is 0 Å². The fourth-order valence-corrected chi connectivity index (χ4v) is 3.94. The molecule has 1 fully saturated rings. The molecule has 0 aliphatic carbocycles. The van der Waals surface area contributed by atoms with E-state index in [1.54, 1.807) is 12.1 Å². The number of benzene rings is 2. The molecule has 0 radical (unpaired) electrons. The predicted octanol–water partition coefficient (Wildman–Crippen LogP) is 2.51. The maximum Gasteiger partial charge on any atom is 0.258 e. The SMILES string of the molecule is O=C1C2Nc3ccccc3SC2C(=O)N1c1ccccc1. The van der Waals surface area contributed by atoms with E-state index in [4.69, 9.17) is 0 Å². The van der Waals surface area contributed by atoms with E-state index in [2.05, 4.69) is 5.32 Å². The number of nitrogens with zero attached hydrogens (tertiary/aromatic N) is 1. The summed E-state index contributed by atoms with van der Waals surface area (Å²) in [6, 6.07) is 16.3. The third-order valence-electron chi connectivity index (χ3n) is 3.72. The Labute approximate surface area is 126 Å². The number of amides is 2. The molecule has 0 aromatic heterocycles. The first-order chi connectivity index (χ1) is 10.3. The highest BCUT2D eigenvalue weighted by Crippen LogP contribution is 2.42. The molecule has 2 unspecified atom stereocenters. The van der Waals surface area contributed by atoms with Gasteiger partial charge in [0.1, 0.15) is 11.3 Å². The lowest BCUT2D eigenvalue weighted by Crippen LogP contribution is -2.37. The summed E-state index contributed by atoms with van der Waals surface area (Å²) in [4.78, 5) is 27.5. The van der Waals surface area contributed by atoms with Crippen LogP contribution in [-0.2, 0) is 9.59 Å². The Morgan fingerprint density at radius 2 is 1.62 bits per heavy atom. The molecule has 2 aromatic carbocycles. The second-order valence-corrected chi connectivity index (χ2v) is 6.19. The number of fused-ring (bicyclic) bond motifs is 2. The van der Waals surface area contributed by atoms with Crippen molar-refractivity contribution in [1.82, 2.24) is 0 Å². The van der Waals surface area contributed by atoms with E-state index in [1.807, 2.05) is 42.5 Å². The molecule has 2 amide bonds. The number of hydrogen-bond donors (Lipinski definition) is 1. The van der Waals surface area contributed by atoms with Crippen molar-refractivity contribution in [3.63, 3.8) is 0 Å². The highest BCUT2D eigenvalue weighted by molar-refractivity contribution is 8.01. The van der Waals surface area contributed by atoms with Crippen LogP contribution in [0.15, 0.2) is 59.5 Å². The Bertz CT molecular complexity index is 689. The minimum Gasteiger partial charge on any atom is -0.371 e. The number of thioether (sulfide) groups is 1. The summed E-state index contributed by atoms with van der Waals surface area (Å²) >= 11 is 1.46. The Morgan fingerprint density at radius 1 is 0.905 bits per heavy atom. The average Bonchev–Trinajstić information content (AvgIpc) is 2.77. The van der Waals surface area contributed by atoms with Gasteiger partial charge in [0, 0.05) is 10.6 Å². The Hall–Kier alpha value is -2.27. The van der Waals surface area contributed by atoms with Crippen LogP contribution in [-0.4, -0.2) is 23.1 Å². The fourth-order valence-electron chi connectivity index (χ4n) is 2.73. The molecule has 5 heteroatoms. The van der Waals surface area contributed by atoms with Crippen molar-refractivity contribution in [2.45, 2.75) is 16.2 Å². The molecule has 1 N–H and O–H groups in total. The Balaban J connectivity index is 1.73. The molecular formula is C16H12N2O2S. The highest BCUT2D eigenvalue weighted by Gasteiger charge is 2.51. The second kappa shape index (κ2) is 4.63. The number of hydrogen-bond acceptors (Lipinski definition) is 4. The standard InChI is InChI=1S/C16H12N2O2S/c19-15-13-14(21-12-9-5-4-8-11(12)17-13)16(20)18(15)10-6-2-1-3-7-10/h1-9,13-14,17H. The first-order valence-corrected chi connectivity index (χ1v) is 7.59. The first kappa shape index (κ1) is 12.5. The zero-order valence-corrected chi connectivity index (χ0v) is 11.8. The number of carbonyl (C=O) groups is 2. The zero-order valence-electron chi connectivity index (χ0n) is 11.0. The fraction of sp³-hybridized carbons (Fsp3) is 0.125. The molecule has 4 nitrogen and oxygen atoms in total. The summed E-state index contributed by atoms with van der Waals surface area (Å²) in [5.74, 6) is -0.332. The molecule has 104 valence electrons. The number of nitrogens with one attached hydrogen (secondary N) is 1. The van der Waals surface area contributed by atoms with Crippen LogP contribution in [0.4, 0.5) is 11.4 Å². The van der Waals surface area contributed by atoms with Crippen molar-refractivity contribution in [2.75, 3.05) is 10.2 Å². The molecule has 0 bridgehead atoms. The van der Waals surface area contributed by atoms with E-state index in [-0.39, 0.29) is 11.8 Å². The van der Waals surface area contributed by atoms with Gasteiger partial charge in [-0.1, -0.05) is 30.3 Å². The third-order valence-corrected chi connectivity index (χ3v) is 5.06. The van der Waals surface area contributed by atoms with Gasteiger partial charge in [-0.05, 0) is 24.3 Å². The van der Waals surface area contributed by atoms with Crippen LogP contribution < -0.4 is 10.2 Å². The van der Waals surface area contributed by atoms with Crippen molar-refractivity contribution < 1.29 is 9.59 Å². The quantitative estimate of drug-likeness (QED) is 0.822. The highest BCUT2D eigenvalue weighted by atomic mass is 32.2. The lowest BCUT2D eigenvalue weighted by molar-refractivity contribution is -0.121. The summed E-state index contributed by atoms with van der Waals surface area (Å²) in [6.45, 7) is 0. The molecule has 0 saturated carbocycles. The van der Waals surface area contributed by atoms with Gasteiger partial charge in [-0.3, -0.25) is 9.59 Å². The second-order valence-electron chi connectivity index (χ2n) is 5.00. The molecule has 1 saturated heterocycles. The number of rotatable bonds is 1. The number of anilines is 2. The van der Waals surface area contributed by atoms with Crippen LogP contribution in [0.2, 0.25) is 0 Å². The summed E-state index contributed by atoms with van der Waals surface area (Å²) in [5.41, 5.74) is 1.55. The molecule has 0 spiro atoms. The monoisotopic (exact) mass is 296 g/mol. The van der Waals surface area contributed by atoms with E-state index in [1.165, 1.54) is 16.7 Å². The number of para-hydroxylation sites is 2. The van der Waals surface area contributed by atoms with Gasteiger partial charge in [-0.15, -0.1) is 11.8 Å². The van der Waals surface area contributed by atoms with Gasteiger partial charge < -0.3 is 5.32 Å². The maximum atomic E-state index is 12.6. The summed E-state index contributed by atoms with van der Waals surface area (Å²) in [7, 11) is 0. The molecule has 2 aliphatic heterocycles. The predicted molar refractivity (Wildman–Crippen MR) is 82.4 cm³/mol. The zero-order chi connectivity index (χ0) is 14.4. The maximum absolute atomic E-state index is 12.6. The molecular weight excluding hydrogens is 284 g/mol. The van der Waals surface area contributed by atoms with E-state index in [0.717, 1.165) is 10.6 Å². The van der Waals surface area contributed by atoms with Crippen LogP contribution >= 0.6 is 11.8 Å². The van der Waals surface area contributed by atoms with Crippen LogP contribution in [0.25, 0.3) is 0 Å². The third kappa shape index (κ3) is 1.85.